The lowest BCUT2D eigenvalue weighted by atomic mass is 10.3. The second-order valence-corrected chi connectivity index (χ2v) is 4.15. The minimum absolute atomic E-state index is 0.0339. The lowest BCUT2D eigenvalue weighted by Crippen LogP contribution is -2.04. The molecule has 21 heavy (non-hydrogen) atoms. The maximum atomic E-state index is 13.8. The van der Waals surface area contributed by atoms with Gasteiger partial charge in [-0.3, -0.25) is 10.1 Å². The highest BCUT2D eigenvalue weighted by Gasteiger charge is 2.21. The first-order valence-electron chi connectivity index (χ1n) is 6.21. The fourth-order valence-electron chi connectivity index (χ4n) is 1.68. The van der Waals surface area contributed by atoms with Gasteiger partial charge in [0.25, 0.3) is 0 Å². The van der Waals surface area contributed by atoms with E-state index in [0.29, 0.717) is 18.2 Å². The molecule has 0 unspecified atom stereocenters. The van der Waals surface area contributed by atoms with E-state index in [9.17, 15) is 14.5 Å². The van der Waals surface area contributed by atoms with E-state index in [2.05, 4.69) is 15.3 Å². The lowest BCUT2D eigenvalue weighted by Gasteiger charge is -2.09. The predicted molar refractivity (Wildman–Crippen MR) is 74.1 cm³/mol. The third-order valence-electron chi connectivity index (χ3n) is 2.52. The van der Waals surface area contributed by atoms with Gasteiger partial charge in [-0.15, -0.1) is 0 Å². The molecule has 1 aromatic carbocycles. The van der Waals surface area contributed by atoms with E-state index in [1.165, 1.54) is 12.1 Å². The topological polar surface area (TPSA) is 90.2 Å². The number of nitro benzene ring substituents is 1. The van der Waals surface area contributed by atoms with E-state index in [-0.39, 0.29) is 5.88 Å². The van der Waals surface area contributed by atoms with Crippen LogP contribution in [0.4, 0.5) is 16.0 Å². The van der Waals surface area contributed by atoms with Crippen molar-refractivity contribution in [3.63, 3.8) is 0 Å². The molecule has 110 valence electrons. The molecule has 1 heterocycles. The van der Waals surface area contributed by atoms with Gasteiger partial charge in [0.05, 0.1) is 4.92 Å². The highest BCUT2D eigenvalue weighted by Crippen LogP contribution is 2.33. The van der Waals surface area contributed by atoms with Gasteiger partial charge in [0.1, 0.15) is 0 Å². The van der Waals surface area contributed by atoms with Crippen molar-refractivity contribution in [1.29, 1.82) is 0 Å². The number of aryl methyl sites for hydroxylation is 1. The molecule has 0 atom stereocenters. The summed E-state index contributed by atoms with van der Waals surface area (Å²) in [4.78, 5) is 18.3. The van der Waals surface area contributed by atoms with Crippen LogP contribution < -0.4 is 10.1 Å². The summed E-state index contributed by atoms with van der Waals surface area (Å²) in [5.74, 6) is -0.952. The molecule has 2 aromatic rings. The van der Waals surface area contributed by atoms with Crippen LogP contribution >= 0.6 is 0 Å². The SMILES string of the molecule is CCNc1nc(C)cc(Oc2c(F)cccc2[N+](=O)[O-])n1. The average molecular weight is 292 g/mol. The maximum Gasteiger partial charge on any atom is 0.314 e. The Hall–Kier alpha value is -2.77. The molecule has 0 saturated heterocycles. The molecule has 0 bridgehead atoms. The molecule has 0 radical (unpaired) electrons. The Labute approximate surface area is 120 Å². The van der Waals surface area contributed by atoms with Crippen LogP contribution in [-0.4, -0.2) is 21.4 Å². The first-order chi connectivity index (χ1) is 10.0. The van der Waals surface area contributed by atoms with Gasteiger partial charge in [-0.25, -0.2) is 9.37 Å². The number of hydrogen-bond donors (Lipinski definition) is 1. The third-order valence-corrected chi connectivity index (χ3v) is 2.52. The number of halogens is 1. The molecule has 1 N–H and O–H groups in total. The van der Waals surface area contributed by atoms with Crippen molar-refractivity contribution >= 4 is 11.6 Å². The fraction of sp³-hybridized carbons (Fsp3) is 0.231. The van der Waals surface area contributed by atoms with Gasteiger partial charge in [0.15, 0.2) is 5.82 Å². The molecule has 0 aliphatic heterocycles. The van der Waals surface area contributed by atoms with Crippen LogP contribution in [0, 0.1) is 22.9 Å². The Balaban J connectivity index is 2.40. The van der Waals surface area contributed by atoms with E-state index in [1.54, 1.807) is 6.92 Å². The zero-order valence-electron chi connectivity index (χ0n) is 11.5. The summed E-state index contributed by atoms with van der Waals surface area (Å²) in [7, 11) is 0. The maximum absolute atomic E-state index is 13.8. The summed E-state index contributed by atoms with van der Waals surface area (Å²) >= 11 is 0. The number of para-hydroxylation sites is 1. The number of nitro groups is 1. The summed E-state index contributed by atoms with van der Waals surface area (Å²) in [5, 5.41) is 13.8. The Bertz CT molecular complexity index is 678. The average Bonchev–Trinajstić information content (AvgIpc) is 2.40. The molecule has 1 aromatic heterocycles. The number of benzene rings is 1. The van der Waals surface area contributed by atoms with Gasteiger partial charge in [0, 0.05) is 24.4 Å². The molecule has 7 nitrogen and oxygen atoms in total. The molecular formula is C13H13FN4O3. The number of nitrogens with zero attached hydrogens (tertiary/aromatic N) is 3. The molecule has 0 spiro atoms. The van der Waals surface area contributed by atoms with Crippen LogP contribution in [-0.2, 0) is 0 Å². The first kappa shape index (κ1) is 14.6. The van der Waals surface area contributed by atoms with Gasteiger partial charge in [-0.2, -0.15) is 4.98 Å². The summed E-state index contributed by atoms with van der Waals surface area (Å²) in [5.41, 5.74) is 0.131. The Morgan fingerprint density at radius 3 is 2.86 bits per heavy atom. The van der Waals surface area contributed by atoms with Gasteiger partial charge in [-0.1, -0.05) is 6.07 Å². The smallest absolute Gasteiger partial charge is 0.314 e. The highest BCUT2D eigenvalue weighted by atomic mass is 19.1. The standard InChI is InChI=1S/C13H13FN4O3/c1-3-15-13-16-8(2)7-11(17-13)21-12-9(14)5-4-6-10(12)18(19)20/h4-7H,3H2,1-2H3,(H,15,16,17). The van der Waals surface area contributed by atoms with Crippen LogP contribution in [0.3, 0.4) is 0 Å². The number of nitrogens with one attached hydrogen (secondary N) is 1. The van der Waals surface area contributed by atoms with E-state index in [4.69, 9.17) is 4.74 Å². The van der Waals surface area contributed by atoms with Gasteiger partial charge in [-0.05, 0) is 19.9 Å². The molecule has 0 amide bonds. The van der Waals surface area contributed by atoms with Gasteiger partial charge in [0.2, 0.25) is 17.6 Å². The molecule has 0 fully saturated rings. The molecule has 2 rings (SSSR count). The molecule has 0 aliphatic rings. The second kappa shape index (κ2) is 6.12. The molecule has 8 heteroatoms. The third kappa shape index (κ3) is 3.41. The van der Waals surface area contributed by atoms with Crippen molar-refractivity contribution in [3.8, 4) is 11.6 Å². The van der Waals surface area contributed by atoms with Crippen molar-refractivity contribution in [1.82, 2.24) is 9.97 Å². The second-order valence-electron chi connectivity index (χ2n) is 4.15. The fourth-order valence-corrected chi connectivity index (χ4v) is 1.68. The van der Waals surface area contributed by atoms with E-state index in [0.717, 1.165) is 12.1 Å². The summed E-state index contributed by atoms with van der Waals surface area (Å²) in [6.07, 6.45) is 0. The Morgan fingerprint density at radius 2 is 2.19 bits per heavy atom. The van der Waals surface area contributed by atoms with Crippen LogP contribution in [0.15, 0.2) is 24.3 Å². The first-order valence-corrected chi connectivity index (χ1v) is 6.21. The quantitative estimate of drug-likeness (QED) is 0.672. The zero-order valence-corrected chi connectivity index (χ0v) is 11.5. The van der Waals surface area contributed by atoms with Crippen LogP contribution in [0.2, 0.25) is 0 Å². The monoisotopic (exact) mass is 292 g/mol. The number of hydrogen-bond acceptors (Lipinski definition) is 6. The normalized spacial score (nSPS) is 10.2. The summed E-state index contributed by atoms with van der Waals surface area (Å²) < 4.78 is 19.0. The number of ether oxygens (including phenoxy) is 1. The highest BCUT2D eigenvalue weighted by molar-refractivity contribution is 5.49. The molecule has 0 aliphatic carbocycles. The zero-order chi connectivity index (χ0) is 15.4. The summed E-state index contributed by atoms with van der Waals surface area (Å²) in [6.45, 7) is 4.18. The van der Waals surface area contributed by atoms with Crippen molar-refractivity contribution in [2.45, 2.75) is 13.8 Å². The minimum Gasteiger partial charge on any atom is -0.428 e. The van der Waals surface area contributed by atoms with Gasteiger partial charge < -0.3 is 10.1 Å². The molecule has 0 saturated carbocycles. The number of aromatic nitrogens is 2. The van der Waals surface area contributed by atoms with E-state index >= 15 is 0 Å². The van der Waals surface area contributed by atoms with E-state index in [1.807, 2.05) is 6.92 Å². The summed E-state index contributed by atoms with van der Waals surface area (Å²) in [6, 6.07) is 4.96. The van der Waals surface area contributed by atoms with Crippen LogP contribution in [0.1, 0.15) is 12.6 Å². The lowest BCUT2D eigenvalue weighted by molar-refractivity contribution is -0.385. The van der Waals surface area contributed by atoms with Crippen molar-refractivity contribution < 1.29 is 14.1 Å². The Morgan fingerprint density at radius 1 is 1.43 bits per heavy atom. The van der Waals surface area contributed by atoms with E-state index < -0.39 is 22.2 Å². The predicted octanol–water partition coefficient (Wildman–Crippen LogP) is 3.06. The van der Waals surface area contributed by atoms with Gasteiger partial charge >= 0.3 is 5.69 Å². The Kier molecular flexibility index (Phi) is 4.27. The van der Waals surface area contributed by atoms with Crippen molar-refractivity contribution in [3.05, 3.63) is 45.9 Å². The molecular weight excluding hydrogens is 279 g/mol. The number of anilines is 1. The van der Waals surface area contributed by atoms with Crippen LogP contribution in [0.25, 0.3) is 0 Å². The largest absolute Gasteiger partial charge is 0.428 e. The minimum atomic E-state index is -0.828. The number of rotatable bonds is 5. The van der Waals surface area contributed by atoms with Crippen molar-refractivity contribution in [2.24, 2.45) is 0 Å². The van der Waals surface area contributed by atoms with Crippen LogP contribution in [0.5, 0.6) is 11.6 Å². The van der Waals surface area contributed by atoms with Crippen molar-refractivity contribution in [2.75, 3.05) is 11.9 Å².